The van der Waals surface area contributed by atoms with Crippen molar-refractivity contribution in [2.24, 2.45) is 5.92 Å². The van der Waals surface area contributed by atoms with E-state index in [0.29, 0.717) is 12.5 Å². The monoisotopic (exact) mass is 326 g/mol. The van der Waals surface area contributed by atoms with E-state index < -0.39 is 0 Å². The van der Waals surface area contributed by atoms with Crippen LogP contribution >= 0.6 is 0 Å². The fraction of sp³-hybridized carbons (Fsp3) is 0.474. The van der Waals surface area contributed by atoms with Crippen LogP contribution in [0.25, 0.3) is 0 Å². The number of methoxy groups -OCH3 is 1. The van der Waals surface area contributed by atoms with Gasteiger partial charge in [0.05, 0.1) is 7.11 Å². The summed E-state index contributed by atoms with van der Waals surface area (Å²) in [6, 6.07) is 10.1. The molecule has 1 aliphatic rings. The summed E-state index contributed by atoms with van der Waals surface area (Å²) in [6.07, 6.45) is 2.47. The van der Waals surface area contributed by atoms with Crippen LogP contribution in [0.15, 0.2) is 30.3 Å². The highest BCUT2D eigenvalue weighted by molar-refractivity contribution is 5.45. The van der Waals surface area contributed by atoms with Gasteiger partial charge in [-0.3, -0.25) is 0 Å². The molecule has 1 N–H and O–H groups in total. The minimum atomic E-state index is 0.694. The van der Waals surface area contributed by atoms with E-state index >= 15 is 0 Å². The summed E-state index contributed by atoms with van der Waals surface area (Å²) in [6.45, 7) is 7.20. The fourth-order valence-corrected chi connectivity index (χ4v) is 2.96. The molecule has 1 aromatic heterocycles. The van der Waals surface area contributed by atoms with Crippen molar-refractivity contribution in [1.82, 2.24) is 9.97 Å². The lowest BCUT2D eigenvalue weighted by Crippen LogP contribution is -2.33. The zero-order valence-electron chi connectivity index (χ0n) is 14.7. The fourth-order valence-electron chi connectivity index (χ4n) is 2.96. The molecule has 0 spiro atoms. The zero-order valence-corrected chi connectivity index (χ0v) is 14.7. The van der Waals surface area contributed by atoms with Crippen molar-refractivity contribution in [2.45, 2.75) is 33.2 Å². The van der Waals surface area contributed by atoms with Crippen molar-refractivity contribution >= 4 is 11.8 Å². The van der Waals surface area contributed by atoms with Crippen LogP contribution < -0.4 is 15.0 Å². The van der Waals surface area contributed by atoms with E-state index in [0.717, 1.165) is 36.3 Å². The topological polar surface area (TPSA) is 50.3 Å². The second-order valence-corrected chi connectivity index (χ2v) is 6.56. The lowest BCUT2D eigenvalue weighted by molar-refractivity contribution is 0.414. The van der Waals surface area contributed by atoms with Crippen molar-refractivity contribution < 1.29 is 4.74 Å². The number of nitrogens with zero attached hydrogens (tertiary/aromatic N) is 3. The molecule has 5 heteroatoms. The first kappa shape index (κ1) is 16.6. The Bertz CT molecular complexity index is 664. The van der Waals surface area contributed by atoms with Gasteiger partial charge in [0.25, 0.3) is 0 Å². The Kier molecular flexibility index (Phi) is 5.18. The summed E-state index contributed by atoms with van der Waals surface area (Å²) >= 11 is 0. The van der Waals surface area contributed by atoms with Gasteiger partial charge in [-0.15, -0.1) is 0 Å². The number of ether oxygens (including phenoxy) is 1. The molecular formula is C19H26N4O. The Morgan fingerprint density at radius 2 is 1.88 bits per heavy atom. The molecule has 0 radical (unpaired) electrons. The largest absolute Gasteiger partial charge is 0.497 e. The number of nitrogens with one attached hydrogen (secondary N) is 1. The molecule has 0 unspecified atom stereocenters. The first-order chi connectivity index (χ1) is 11.6. The average molecular weight is 326 g/mol. The molecule has 2 heterocycles. The van der Waals surface area contributed by atoms with Crippen molar-refractivity contribution in [1.29, 1.82) is 0 Å². The minimum absolute atomic E-state index is 0.694. The number of hydrogen-bond donors (Lipinski definition) is 1. The third-order valence-corrected chi connectivity index (χ3v) is 4.56. The first-order valence-electron chi connectivity index (χ1n) is 8.61. The summed E-state index contributed by atoms with van der Waals surface area (Å²) in [4.78, 5) is 11.6. The van der Waals surface area contributed by atoms with Crippen LogP contribution in [0.1, 0.15) is 31.0 Å². The highest BCUT2D eigenvalue weighted by Crippen LogP contribution is 2.23. The molecule has 5 nitrogen and oxygen atoms in total. The molecule has 0 bridgehead atoms. The van der Waals surface area contributed by atoms with Crippen LogP contribution in [0.5, 0.6) is 5.75 Å². The van der Waals surface area contributed by atoms with Crippen LogP contribution in [0, 0.1) is 12.8 Å². The van der Waals surface area contributed by atoms with E-state index in [1.807, 2.05) is 19.1 Å². The third kappa shape index (κ3) is 4.16. The lowest BCUT2D eigenvalue weighted by Gasteiger charge is -2.31. The molecule has 1 aliphatic heterocycles. The van der Waals surface area contributed by atoms with Gasteiger partial charge in [0.2, 0.25) is 5.95 Å². The summed E-state index contributed by atoms with van der Waals surface area (Å²) < 4.78 is 5.19. The molecule has 2 aromatic rings. The molecule has 1 saturated heterocycles. The Morgan fingerprint density at radius 3 is 2.54 bits per heavy atom. The molecule has 1 aromatic carbocycles. The van der Waals surface area contributed by atoms with E-state index in [4.69, 9.17) is 9.72 Å². The second kappa shape index (κ2) is 7.51. The SMILES string of the molecule is COc1ccc(CNc2nc(C)cc(N3CCC(C)CC3)n2)cc1. The van der Waals surface area contributed by atoms with Crippen LogP contribution in [0.3, 0.4) is 0 Å². The van der Waals surface area contributed by atoms with Gasteiger partial charge >= 0.3 is 0 Å². The van der Waals surface area contributed by atoms with Crippen molar-refractivity contribution in [3.8, 4) is 5.75 Å². The lowest BCUT2D eigenvalue weighted by atomic mass is 9.99. The molecule has 0 amide bonds. The highest BCUT2D eigenvalue weighted by Gasteiger charge is 2.17. The number of piperidine rings is 1. The molecule has 0 saturated carbocycles. The maximum atomic E-state index is 5.19. The molecule has 3 rings (SSSR count). The zero-order chi connectivity index (χ0) is 16.9. The predicted molar refractivity (Wildman–Crippen MR) is 97.7 cm³/mol. The number of aryl methyl sites for hydroxylation is 1. The van der Waals surface area contributed by atoms with Gasteiger partial charge in [0.15, 0.2) is 0 Å². The summed E-state index contributed by atoms with van der Waals surface area (Å²) in [7, 11) is 1.68. The van der Waals surface area contributed by atoms with Gasteiger partial charge in [-0.2, -0.15) is 4.98 Å². The van der Waals surface area contributed by atoms with Crippen LogP contribution in [0.2, 0.25) is 0 Å². The van der Waals surface area contributed by atoms with Gasteiger partial charge in [-0.1, -0.05) is 19.1 Å². The Balaban J connectivity index is 1.66. The normalized spacial score (nSPS) is 15.4. The number of aromatic nitrogens is 2. The van der Waals surface area contributed by atoms with Crippen molar-refractivity contribution in [3.05, 3.63) is 41.6 Å². The van der Waals surface area contributed by atoms with Crippen LogP contribution in [-0.4, -0.2) is 30.2 Å². The van der Waals surface area contributed by atoms with E-state index in [9.17, 15) is 0 Å². The van der Waals surface area contributed by atoms with Gasteiger partial charge in [0, 0.05) is 31.4 Å². The summed E-state index contributed by atoms with van der Waals surface area (Å²) in [5.41, 5.74) is 2.17. The Hall–Kier alpha value is -2.30. The number of anilines is 2. The Labute approximate surface area is 144 Å². The maximum absolute atomic E-state index is 5.19. The van der Waals surface area contributed by atoms with Gasteiger partial charge in [-0.25, -0.2) is 4.98 Å². The first-order valence-corrected chi connectivity index (χ1v) is 8.61. The second-order valence-electron chi connectivity index (χ2n) is 6.56. The van der Waals surface area contributed by atoms with Gasteiger partial charge < -0.3 is 15.0 Å². The van der Waals surface area contributed by atoms with E-state index in [1.54, 1.807) is 7.11 Å². The third-order valence-electron chi connectivity index (χ3n) is 4.56. The molecule has 1 fully saturated rings. The van der Waals surface area contributed by atoms with Crippen molar-refractivity contribution in [3.63, 3.8) is 0 Å². The molecule has 0 atom stereocenters. The Morgan fingerprint density at radius 1 is 1.17 bits per heavy atom. The van der Waals surface area contributed by atoms with Crippen LogP contribution in [-0.2, 0) is 6.54 Å². The van der Waals surface area contributed by atoms with E-state index in [-0.39, 0.29) is 0 Å². The van der Waals surface area contributed by atoms with E-state index in [1.165, 1.54) is 18.4 Å². The minimum Gasteiger partial charge on any atom is -0.497 e. The highest BCUT2D eigenvalue weighted by atomic mass is 16.5. The van der Waals surface area contributed by atoms with Crippen LogP contribution in [0.4, 0.5) is 11.8 Å². The molecular weight excluding hydrogens is 300 g/mol. The predicted octanol–water partition coefficient (Wildman–Crippen LogP) is 3.64. The number of benzene rings is 1. The molecule has 0 aliphatic carbocycles. The van der Waals surface area contributed by atoms with Gasteiger partial charge in [0.1, 0.15) is 11.6 Å². The standard InChI is InChI=1S/C19H26N4O/c1-14-8-10-23(11-9-14)18-12-15(2)21-19(22-18)20-13-16-4-6-17(24-3)7-5-16/h4-7,12,14H,8-11,13H2,1-3H3,(H,20,21,22). The number of rotatable bonds is 5. The van der Waals surface area contributed by atoms with Crippen molar-refractivity contribution in [2.75, 3.05) is 30.4 Å². The quantitative estimate of drug-likeness (QED) is 0.909. The summed E-state index contributed by atoms with van der Waals surface area (Å²) in [5.74, 6) is 3.41. The summed E-state index contributed by atoms with van der Waals surface area (Å²) in [5, 5.41) is 3.34. The smallest absolute Gasteiger partial charge is 0.225 e. The maximum Gasteiger partial charge on any atom is 0.225 e. The van der Waals surface area contributed by atoms with Gasteiger partial charge in [-0.05, 0) is 43.4 Å². The number of hydrogen-bond acceptors (Lipinski definition) is 5. The van der Waals surface area contributed by atoms with E-state index in [2.05, 4.69) is 40.3 Å². The average Bonchev–Trinajstić information content (AvgIpc) is 2.60. The molecule has 128 valence electrons. The molecule has 24 heavy (non-hydrogen) atoms.